The zero-order chi connectivity index (χ0) is 35.4. The molecule has 4 aliphatic rings. The van der Waals surface area contributed by atoms with Crippen LogP contribution in [0, 0.1) is 11.8 Å². The van der Waals surface area contributed by atoms with Gasteiger partial charge in [0.15, 0.2) is 5.60 Å². The predicted octanol–water partition coefficient (Wildman–Crippen LogP) is 6.74. The number of aromatic hydroxyl groups is 1. The molecule has 0 radical (unpaired) electrons. The van der Waals surface area contributed by atoms with Gasteiger partial charge in [-0.3, -0.25) is 14.5 Å². The van der Waals surface area contributed by atoms with Gasteiger partial charge in [0.05, 0.1) is 17.5 Å². The Labute approximate surface area is 291 Å². The van der Waals surface area contributed by atoms with Gasteiger partial charge in [-0.2, -0.15) is 0 Å². The zero-order valence-electron chi connectivity index (χ0n) is 29.0. The summed E-state index contributed by atoms with van der Waals surface area (Å²) in [6.07, 6.45) is 6.07. The number of benzene rings is 3. The molecule has 0 amide bonds. The molecular formula is C40H42N2O8. The van der Waals surface area contributed by atoms with Crippen molar-refractivity contribution >= 4 is 29.3 Å². The Bertz CT molecular complexity index is 1910. The third-order valence-electron chi connectivity index (χ3n) is 10.5. The molecular weight excluding hydrogens is 636 g/mol. The van der Waals surface area contributed by atoms with Crippen molar-refractivity contribution in [2.45, 2.75) is 64.1 Å². The first kappa shape index (κ1) is 33.4. The lowest BCUT2D eigenvalue weighted by Gasteiger charge is -2.53. The van der Waals surface area contributed by atoms with E-state index in [1.54, 1.807) is 12.1 Å². The number of ether oxygens (including phenoxy) is 4. The summed E-state index contributed by atoms with van der Waals surface area (Å²) in [6.45, 7) is 8.20. The fraction of sp³-hybridized carbons (Fsp3) is 0.375. The summed E-state index contributed by atoms with van der Waals surface area (Å²) in [5.74, 6) is 0.0561. The molecule has 260 valence electrons. The Kier molecular flexibility index (Phi) is 8.46. The summed E-state index contributed by atoms with van der Waals surface area (Å²) >= 11 is 0. The standard InChI is InChI=1S/C40H42N2O8/c1-24-22-39(3,4)42(18-8-11-37(45)48-23-47-25(2)43)34-21-36-33(20-30(24)34)40(31-10-7-6-9-29(31)38(46)50-40)32-17-14-27(19-35(32)49-36)41(5)26-12-15-28(44)16-13-26/h6-7,9-10,12-17,19-21,24,33-34,44H,8,11,18,22-23H2,1-5H3. The minimum atomic E-state index is -1.12. The lowest BCUT2D eigenvalue weighted by Crippen LogP contribution is -2.57. The number of fused-ring (bicyclic) bond motifs is 7. The number of nitrogens with zero attached hydrogens (tertiary/aromatic N) is 2. The number of phenolic OH excluding ortho intramolecular Hbond substituents is 1. The number of hydrogen-bond acceptors (Lipinski definition) is 10. The topological polar surface area (TPSA) is 115 Å². The molecule has 10 heteroatoms. The average molecular weight is 679 g/mol. The molecule has 4 atom stereocenters. The maximum atomic E-state index is 13.6. The molecule has 1 N–H and O–H groups in total. The first-order chi connectivity index (χ1) is 23.9. The van der Waals surface area contributed by atoms with Crippen molar-refractivity contribution in [1.82, 2.24) is 4.90 Å². The second-order valence-corrected chi connectivity index (χ2v) is 14.2. The highest BCUT2D eigenvalue weighted by atomic mass is 16.7. The fourth-order valence-electron chi connectivity index (χ4n) is 8.22. The van der Waals surface area contributed by atoms with Crippen LogP contribution in [0.4, 0.5) is 11.4 Å². The second kappa shape index (κ2) is 12.7. The van der Waals surface area contributed by atoms with Gasteiger partial charge in [-0.1, -0.05) is 31.2 Å². The molecule has 1 aliphatic carbocycles. The number of hydrogen-bond donors (Lipinski definition) is 1. The number of esters is 3. The highest BCUT2D eigenvalue weighted by Gasteiger charge is 2.59. The van der Waals surface area contributed by atoms with Crippen LogP contribution in [0.25, 0.3) is 0 Å². The van der Waals surface area contributed by atoms with E-state index in [4.69, 9.17) is 18.9 Å². The van der Waals surface area contributed by atoms with Gasteiger partial charge in [0.25, 0.3) is 0 Å². The molecule has 3 aliphatic heterocycles. The normalized spacial score (nSPS) is 24.3. The summed E-state index contributed by atoms with van der Waals surface area (Å²) in [5, 5.41) is 9.84. The Morgan fingerprint density at radius 2 is 1.74 bits per heavy atom. The van der Waals surface area contributed by atoms with Crippen LogP contribution in [0.5, 0.6) is 11.5 Å². The largest absolute Gasteiger partial charge is 0.508 e. The molecule has 10 nitrogen and oxygen atoms in total. The van der Waals surface area contributed by atoms with Crippen molar-refractivity contribution in [2.75, 3.05) is 25.3 Å². The summed E-state index contributed by atoms with van der Waals surface area (Å²) in [6, 6.07) is 20.5. The fourth-order valence-corrected chi connectivity index (χ4v) is 8.22. The molecule has 0 aromatic heterocycles. The van der Waals surface area contributed by atoms with Crippen LogP contribution in [0.2, 0.25) is 0 Å². The molecule has 3 heterocycles. The average Bonchev–Trinajstić information content (AvgIpc) is 3.37. The van der Waals surface area contributed by atoms with Gasteiger partial charge < -0.3 is 29.0 Å². The van der Waals surface area contributed by atoms with Crippen LogP contribution >= 0.6 is 0 Å². The molecule has 1 spiro atoms. The minimum Gasteiger partial charge on any atom is -0.508 e. The lowest BCUT2D eigenvalue weighted by atomic mass is 9.66. The van der Waals surface area contributed by atoms with E-state index in [-0.39, 0.29) is 42.4 Å². The van der Waals surface area contributed by atoms with Gasteiger partial charge in [0, 0.05) is 61.0 Å². The van der Waals surface area contributed by atoms with Crippen LogP contribution in [0.1, 0.15) is 68.4 Å². The first-order valence-corrected chi connectivity index (χ1v) is 17.1. The number of carbonyl (C=O) groups is 3. The van der Waals surface area contributed by atoms with Gasteiger partial charge in [0.2, 0.25) is 6.79 Å². The van der Waals surface area contributed by atoms with Crippen LogP contribution in [-0.2, 0) is 29.4 Å². The number of anilines is 2. The van der Waals surface area contributed by atoms with Crippen molar-refractivity contribution in [2.24, 2.45) is 11.8 Å². The third-order valence-corrected chi connectivity index (χ3v) is 10.5. The molecule has 3 aromatic rings. The summed E-state index contributed by atoms with van der Waals surface area (Å²) in [5.41, 5.74) is 3.81. The van der Waals surface area contributed by atoms with E-state index in [9.17, 15) is 19.5 Å². The van der Waals surface area contributed by atoms with E-state index in [1.165, 1.54) is 12.5 Å². The summed E-state index contributed by atoms with van der Waals surface area (Å²) in [4.78, 5) is 41.4. The highest BCUT2D eigenvalue weighted by molar-refractivity contribution is 5.96. The molecule has 4 unspecified atom stereocenters. The van der Waals surface area contributed by atoms with Gasteiger partial charge in [-0.15, -0.1) is 0 Å². The Morgan fingerprint density at radius 3 is 2.50 bits per heavy atom. The highest BCUT2D eigenvalue weighted by Crippen LogP contribution is 2.58. The molecule has 0 bridgehead atoms. The van der Waals surface area contributed by atoms with Crippen molar-refractivity contribution in [3.8, 4) is 11.5 Å². The van der Waals surface area contributed by atoms with E-state index in [2.05, 4.69) is 37.8 Å². The SMILES string of the molecule is CC(=O)OCOC(=O)CCCN1C2C=C3Oc4cc(N(C)c5ccc(O)cc5)ccc4C4(OC(=O)c5ccccc54)C3C=C2C(C)CC1(C)C. The molecule has 0 saturated carbocycles. The smallest absolute Gasteiger partial charge is 0.339 e. The summed E-state index contributed by atoms with van der Waals surface area (Å²) in [7, 11) is 1.95. The van der Waals surface area contributed by atoms with Gasteiger partial charge >= 0.3 is 17.9 Å². The number of rotatable bonds is 8. The maximum Gasteiger partial charge on any atom is 0.339 e. The molecule has 50 heavy (non-hydrogen) atoms. The number of piperidine rings is 1. The molecule has 7 rings (SSSR count). The monoisotopic (exact) mass is 678 g/mol. The molecule has 1 fully saturated rings. The quantitative estimate of drug-likeness (QED) is 0.156. The van der Waals surface area contributed by atoms with Crippen molar-refractivity contribution in [3.05, 3.63) is 107 Å². The van der Waals surface area contributed by atoms with E-state index < -0.39 is 23.5 Å². The summed E-state index contributed by atoms with van der Waals surface area (Å²) < 4.78 is 23.2. The van der Waals surface area contributed by atoms with Crippen LogP contribution in [-0.4, -0.2) is 59.9 Å². The maximum absolute atomic E-state index is 13.6. The Morgan fingerprint density at radius 1 is 1.00 bits per heavy atom. The Balaban J connectivity index is 1.27. The van der Waals surface area contributed by atoms with Crippen molar-refractivity contribution in [1.29, 1.82) is 0 Å². The van der Waals surface area contributed by atoms with Gasteiger partial charge in [0.1, 0.15) is 17.3 Å². The Hall–Kier alpha value is -5.09. The van der Waals surface area contributed by atoms with Gasteiger partial charge in [-0.05, 0) is 86.7 Å². The second-order valence-electron chi connectivity index (χ2n) is 14.2. The third kappa shape index (κ3) is 5.71. The van der Waals surface area contributed by atoms with Crippen LogP contribution in [0.15, 0.2) is 90.2 Å². The molecule has 1 saturated heterocycles. The first-order valence-electron chi connectivity index (χ1n) is 17.1. The van der Waals surface area contributed by atoms with E-state index in [0.717, 1.165) is 28.9 Å². The van der Waals surface area contributed by atoms with E-state index >= 15 is 0 Å². The van der Waals surface area contributed by atoms with Crippen molar-refractivity contribution in [3.63, 3.8) is 0 Å². The van der Waals surface area contributed by atoms with Crippen LogP contribution in [0.3, 0.4) is 0 Å². The predicted molar refractivity (Wildman–Crippen MR) is 186 cm³/mol. The molecule has 3 aromatic carbocycles. The van der Waals surface area contributed by atoms with Gasteiger partial charge in [-0.25, -0.2) is 4.79 Å². The van der Waals surface area contributed by atoms with Crippen LogP contribution < -0.4 is 9.64 Å². The lowest BCUT2D eigenvalue weighted by molar-refractivity contribution is -0.165. The minimum absolute atomic E-state index is 0.106. The number of carbonyl (C=O) groups excluding carboxylic acids is 3. The van der Waals surface area contributed by atoms with E-state index in [1.807, 2.05) is 66.5 Å². The van der Waals surface area contributed by atoms with Crippen molar-refractivity contribution < 1.29 is 38.4 Å². The van der Waals surface area contributed by atoms with E-state index in [0.29, 0.717) is 30.0 Å². The number of phenols is 1. The number of likely N-dealkylation sites (tertiary alicyclic amines) is 1. The zero-order valence-corrected chi connectivity index (χ0v) is 29.0.